The monoisotopic (exact) mass is 351 g/mol. The van der Waals surface area contributed by atoms with E-state index in [0.29, 0.717) is 16.3 Å². The first-order chi connectivity index (χ1) is 12.0. The van der Waals surface area contributed by atoms with E-state index in [1.807, 2.05) is 45.0 Å². The van der Waals surface area contributed by atoms with E-state index in [4.69, 9.17) is 5.73 Å². The molecule has 2 N–H and O–H groups in total. The number of aliphatic imine (C=N–C) groups is 1. The molecule has 25 heavy (non-hydrogen) atoms. The summed E-state index contributed by atoms with van der Waals surface area (Å²) < 4.78 is 1.56. The highest BCUT2D eigenvalue weighted by atomic mass is 32.1. The van der Waals surface area contributed by atoms with Crippen LogP contribution in [-0.4, -0.2) is 20.3 Å². The summed E-state index contributed by atoms with van der Waals surface area (Å²) in [5.74, 6) is 0.557. The Bertz CT molecular complexity index is 1120. The van der Waals surface area contributed by atoms with Crippen molar-refractivity contribution in [3.8, 4) is 0 Å². The van der Waals surface area contributed by atoms with Gasteiger partial charge in [0, 0.05) is 22.8 Å². The van der Waals surface area contributed by atoms with Gasteiger partial charge in [0.2, 0.25) is 4.96 Å². The molecule has 6 nitrogen and oxygen atoms in total. The molecule has 0 saturated carbocycles. The van der Waals surface area contributed by atoms with Gasteiger partial charge in [-0.05, 0) is 19.1 Å². The number of benzene rings is 1. The van der Waals surface area contributed by atoms with E-state index in [1.165, 1.54) is 11.3 Å². The minimum absolute atomic E-state index is 0.249. The van der Waals surface area contributed by atoms with Gasteiger partial charge in [-0.25, -0.2) is 0 Å². The van der Waals surface area contributed by atoms with Gasteiger partial charge in [-0.15, -0.1) is 0 Å². The molecule has 3 heterocycles. The third kappa shape index (κ3) is 2.47. The Balaban J connectivity index is 1.93. The number of anilines is 1. The normalized spacial score (nSPS) is 15.2. The highest BCUT2D eigenvalue weighted by Gasteiger charge is 2.20. The van der Waals surface area contributed by atoms with Crippen molar-refractivity contribution in [2.75, 3.05) is 5.73 Å². The molecule has 0 fully saturated rings. The second-order valence-electron chi connectivity index (χ2n) is 6.28. The second-order valence-corrected chi connectivity index (χ2v) is 7.27. The van der Waals surface area contributed by atoms with Crippen molar-refractivity contribution in [1.82, 2.24) is 14.6 Å². The highest BCUT2D eigenvalue weighted by Crippen LogP contribution is 2.35. The van der Waals surface area contributed by atoms with E-state index in [1.54, 1.807) is 10.6 Å². The molecule has 0 saturated heterocycles. The topological polar surface area (TPSA) is 85.6 Å². The summed E-state index contributed by atoms with van der Waals surface area (Å²) in [6.07, 6.45) is 1.77. The molecule has 0 spiro atoms. The smallest absolute Gasteiger partial charge is 0.283 e. The van der Waals surface area contributed by atoms with Crippen LogP contribution in [0.4, 0.5) is 11.5 Å². The van der Waals surface area contributed by atoms with Gasteiger partial charge >= 0.3 is 0 Å². The molecule has 0 radical (unpaired) electrons. The van der Waals surface area contributed by atoms with Crippen LogP contribution < -0.4 is 11.3 Å². The SMILES string of the molecule is CC1=Nc2ccccc2/C1=C\c1c(N)n2nc(C(C)C)sc2nc1=O. The number of aromatic nitrogens is 3. The fraction of sp³-hybridized carbons (Fsp3) is 0.222. The van der Waals surface area contributed by atoms with Crippen molar-refractivity contribution >= 4 is 45.2 Å². The molecular weight excluding hydrogens is 334 g/mol. The van der Waals surface area contributed by atoms with Crippen LogP contribution in [0.25, 0.3) is 16.6 Å². The van der Waals surface area contributed by atoms with Crippen molar-refractivity contribution in [3.05, 3.63) is 50.8 Å². The Morgan fingerprint density at radius 3 is 2.80 bits per heavy atom. The Morgan fingerprint density at radius 1 is 1.28 bits per heavy atom. The van der Waals surface area contributed by atoms with E-state index >= 15 is 0 Å². The van der Waals surface area contributed by atoms with Gasteiger partial charge in [-0.3, -0.25) is 9.79 Å². The lowest BCUT2D eigenvalue weighted by Gasteiger charge is -2.05. The van der Waals surface area contributed by atoms with E-state index in [9.17, 15) is 4.79 Å². The molecule has 2 aromatic heterocycles. The number of nitrogens with zero attached hydrogens (tertiary/aromatic N) is 4. The molecular formula is C18H17N5OS. The number of hydrogen-bond donors (Lipinski definition) is 1. The van der Waals surface area contributed by atoms with Crippen LogP contribution >= 0.6 is 11.3 Å². The molecule has 0 amide bonds. The van der Waals surface area contributed by atoms with Crippen LogP contribution in [-0.2, 0) is 0 Å². The molecule has 0 unspecified atom stereocenters. The van der Waals surface area contributed by atoms with Gasteiger partial charge in [-0.1, -0.05) is 43.4 Å². The molecule has 1 aliphatic rings. The van der Waals surface area contributed by atoms with E-state index in [2.05, 4.69) is 15.1 Å². The average molecular weight is 351 g/mol. The van der Waals surface area contributed by atoms with Crippen LogP contribution in [0.2, 0.25) is 0 Å². The lowest BCUT2D eigenvalue weighted by molar-refractivity contribution is 0.798. The predicted molar refractivity (Wildman–Crippen MR) is 103 cm³/mol. The Hall–Kier alpha value is -2.80. The summed E-state index contributed by atoms with van der Waals surface area (Å²) in [6, 6.07) is 7.83. The molecule has 1 aliphatic heterocycles. The van der Waals surface area contributed by atoms with Crippen LogP contribution in [0.5, 0.6) is 0 Å². The zero-order valence-corrected chi connectivity index (χ0v) is 15.0. The lowest BCUT2D eigenvalue weighted by atomic mass is 10.0. The van der Waals surface area contributed by atoms with Crippen LogP contribution in [0.1, 0.15) is 42.8 Å². The maximum Gasteiger partial charge on any atom is 0.283 e. The summed E-state index contributed by atoms with van der Waals surface area (Å²) in [6.45, 7) is 6.01. The third-order valence-electron chi connectivity index (χ3n) is 4.16. The molecule has 1 aromatic carbocycles. The van der Waals surface area contributed by atoms with E-state index in [0.717, 1.165) is 27.5 Å². The molecule has 7 heteroatoms. The van der Waals surface area contributed by atoms with Gasteiger partial charge in [0.1, 0.15) is 10.8 Å². The standard InChI is InChI=1S/C18H17N5OS/c1-9(2)17-22-23-15(19)13(16(24)21-18(23)25-17)8-12-10(3)20-14-7-5-4-6-11(12)14/h4-9H,19H2,1-3H3/b12-8-. The second kappa shape index (κ2) is 5.63. The summed E-state index contributed by atoms with van der Waals surface area (Å²) in [4.78, 5) is 21.8. The van der Waals surface area contributed by atoms with Crippen molar-refractivity contribution in [1.29, 1.82) is 0 Å². The zero-order valence-electron chi connectivity index (χ0n) is 14.1. The number of fused-ring (bicyclic) bond motifs is 2. The quantitative estimate of drug-likeness (QED) is 0.765. The van der Waals surface area contributed by atoms with Crippen molar-refractivity contribution in [2.24, 2.45) is 4.99 Å². The van der Waals surface area contributed by atoms with Crippen LogP contribution in [0.15, 0.2) is 34.1 Å². The number of hydrogen-bond acceptors (Lipinski definition) is 6. The predicted octanol–water partition coefficient (Wildman–Crippen LogP) is 3.50. The summed E-state index contributed by atoms with van der Waals surface area (Å²) in [5.41, 5.74) is 9.89. The average Bonchev–Trinajstić information content (AvgIpc) is 3.13. The molecule has 4 rings (SSSR count). The highest BCUT2D eigenvalue weighted by molar-refractivity contribution is 7.16. The van der Waals surface area contributed by atoms with Crippen molar-refractivity contribution in [3.63, 3.8) is 0 Å². The number of nitrogens with two attached hydrogens (primary N) is 1. The summed E-state index contributed by atoms with van der Waals surface area (Å²) >= 11 is 1.39. The molecule has 126 valence electrons. The fourth-order valence-electron chi connectivity index (χ4n) is 2.83. The van der Waals surface area contributed by atoms with Crippen LogP contribution in [0, 0.1) is 0 Å². The Kier molecular flexibility index (Phi) is 3.54. The maximum atomic E-state index is 12.5. The van der Waals surface area contributed by atoms with Crippen LogP contribution in [0.3, 0.4) is 0 Å². The number of nitrogen functional groups attached to an aromatic ring is 1. The van der Waals surface area contributed by atoms with Crippen molar-refractivity contribution < 1.29 is 0 Å². The number of para-hydroxylation sites is 1. The van der Waals surface area contributed by atoms with Gasteiger partial charge in [-0.2, -0.15) is 14.6 Å². The first-order valence-corrected chi connectivity index (χ1v) is 8.83. The van der Waals surface area contributed by atoms with E-state index in [-0.39, 0.29) is 11.5 Å². The molecule has 3 aromatic rings. The number of rotatable bonds is 2. The van der Waals surface area contributed by atoms with Gasteiger partial charge < -0.3 is 5.73 Å². The Morgan fingerprint density at radius 2 is 2.04 bits per heavy atom. The fourth-order valence-corrected chi connectivity index (χ4v) is 3.73. The first-order valence-electron chi connectivity index (χ1n) is 8.01. The minimum Gasteiger partial charge on any atom is -0.383 e. The third-order valence-corrected chi connectivity index (χ3v) is 5.37. The number of allylic oxidation sites excluding steroid dienone is 1. The first kappa shape index (κ1) is 15.7. The van der Waals surface area contributed by atoms with Gasteiger partial charge in [0.05, 0.1) is 11.3 Å². The van der Waals surface area contributed by atoms with E-state index < -0.39 is 0 Å². The largest absolute Gasteiger partial charge is 0.383 e. The van der Waals surface area contributed by atoms with Gasteiger partial charge in [0.15, 0.2) is 0 Å². The minimum atomic E-state index is -0.346. The molecule has 0 bridgehead atoms. The lowest BCUT2D eigenvalue weighted by Crippen LogP contribution is -2.17. The van der Waals surface area contributed by atoms with Crippen molar-refractivity contribution in [2.45, 2.75) is 26.7 Å². The Labute approximate surface area is 148 Å². The van der Waals surface area contributed by atoms with Gasteiger partial charge in [0.25, 0.3) is 5.56 Å². The zero-order chi connectivity index (χ0) is 17.7. The summed E-state index contributed by atoms with van der Waals surface area (Å²) in [5, 5.41) is 5.40. The summed E-state index contributed by atoms with van der Waals surface area (Å²) in [7, 11) is 0. The maximum absolute atomic E-state index is 12.5. The molecule has 0 atom stereocenters. The molecule has 0 aliphatic carbocycles.